The van der Waals surface area contributed by atoms with Crippen LogP contribution in [0.4, 0.5) is 34.1 Å². The molecule has 15 aromatic rings. The highest BCUT2D eigenvalue weighted by atomic mass is 32.1. The van der Waals surface area contributed by atoms with Gasteiger partial charge in [0.15, 0.2) is 11.2 Å². The van der Waals surface area contributed by atoms with Gasteiger partial charge in [0.25, 0.3) is 0 Å². The first-order valence-electron chi connectivity index (χ1n) is 22.9. The highest BCUT2D eigenvalue weighted by Gasteiger charge is 2.22. The maximum atomic E-state index is 6.86. The van der Waals surface area contributed by atoms with Gasteiger partial charge in [-0.2, -0.15) is 0 Å². The maximum absolute atomic E-state index is 6.86. The Kier molecular flexibility index (Phi) is 8.07. The zero-order valence-corrected chi connectivity index (χ0v) is 37.9. The first kappa shape index (κ1) is 37.8. The molecule has 0 aliphatic heterocycles. The van der Waals surface area contributed by atoms with Crippen LogP contribution in [0.15, 0.2) is 227 Å². The van der Waals surface area contributed by atoms with Gasteiger partial charge in [0.2, 0.25) is 0 Å². The summed E-state index contributed by atoms with van der Waals surface area (Å²) in [5, 5.41) is 13.9. The summed E-state index contributed by atoms with van der Waals surface area (Å²) in [6, 6.07) is 78.9. The lowest BCUT2D eigenvalue weighted by Gasteiger charge is -2.26. The highest BCUT2D eigenvalue weighted by molar-refractivity contribution is 7.26. The van der Waals surface area contributed by atoms with Gasteiger partial charge in [0.05, 0.1) is 20.8 Å². The third kappa shape index (κ3) is 5.65. The number of rotatable bonds is 6. The summed E-state index contributed by atoms with van der Waals surface area (Å²) in [4.78, 5) is 4.77. The molecule has 0 amide bonds. The molecule has 68 heavy (non-hydrogen) atoms. The lowest BCUT2D eigenvalue weighted by Crippen LogP contribution is -2.09. The topological polar surface area (TPSA) is 32.8 Å². The Bertz CT molecular complexity index is 4230. The van der Waals surface area contributed by atoms with Crippen LogP contribution in [0.1, 0.15) is 0 Å². The van der Waals surface area contributed by atoms with Gasteiger partial charge < -0.3 is 18.6 Å². The minimum Gasteiger partial charge on any atom is -0.452 e. The van der Waals surface area contributed by atoms with Crippen molar-refractivity contribution in [3.8, 4) is 0 Å². The number of para-hydroxylation sites is 2. The molecule has 0 aliphatic rings. The minimum atomic E-state index is 0.767. The molecule has 0 spiro atoms. The van der Waals surface area contributed by atoms with Crippen molar-refractivity contribution in [1.29, 1.82) is 0 Å². The Morgan fingerprint density at radius 1 is 0.279 bits per heavy atom. The van der Waals surface area contributed by atoms with E-state index in [9.17, 15) is 0 Å². The Morgan fingerprint density at radius 2 is 0.706 bits per heavy atom. The molecule has 0 N–H and O–H groups in total. The molecule has 6 heteroatoms. The lowest BCUT2D eigenvalue weighted by molar-refractivity contribution is 0.634. The molecule has 0 atom stereocenters. The molecule has 0 fully saturated rings. The second-order valence-corrected chi connectivity index (χ2v) is 19.7. The molecule has 0 unspecified atom stereocenters. The summed E-state index contributed by atoms with van der Waals surface area (Å²) in [7, 11) is 0. The smallest absolute Gasteiger partial charge is 0.178 e. The van der Waals surface area contributed by atoms with Gasteiger partial charge >= 0.3 is 0 Å². The second-order valence-electron chi connectivity index (χ2n) is 17.6. The van der Waals surface area contributed by atoms with Crippen LogP contribution in [0.25, 0.3) is 106 Å². The molecule has 0 saturated heterocycles. The average Bonchev–Trinajstić information content (AvgIpc) is 4.16. The molecule has 4 nitrogen and oxygen atoms in total. The summed E-state index contributed by atoms with van der Waals surface area (Å²) in [5.74, 6) is 0. The van der Waals surface area contributed by atoms with E-state index < -0.39 is 0 Å². The van der Waals surface area contributed by atoms with E-state index in [0.29, 0.717) is 0 Å². The standard InChI is InChI=1S/C62H36N2O2S2/c1-3-13-41(14-4-1)63(53-21-11-19-49-45-17-7-9-23-57(45)67-61(49)53)43-27-25-37-33-51-47-29-30-48-52-34-38-26-28-44(32-40(38)36-56(52)66-60(48)59(47)65-55(51)35-39(37)31-43)64(42-15-5-2-6-16-42)54-22-12-20-50-46-18-8-10-24-58(46)68-62(50)54/h1-36H. The van der Waals surface area contributed by atoms with E-state index in [1.54, 1.807) is 0 Å². The van der Waals surface area contributed by atoms with Crippen LogP contribution in [0.3, 0.4) is 0 Å². The average molecular weight is 905 g/mol. The molecular weight excluding hydrogens is 869 g/mol. The lowest BCUT2D eigenvalue weighted by atomic mass is 10.0. The Balaban J connectivity index is 0.856. The van der Waals surface area contributed by atoms with E-state index in [4.69, 9.17) is 8.83 Å². The predicted molar refractivity (Wildman–Crippen MR) is 291 cm³/mol. The molecule has 4 heterocycles. The van der Waals surface area contributed by atoms with Crippen molar-refractivity contribution >= 4 is 163 Å². The zero-order chi connectivity index (χ0) is 44.5. The molecule has 318 valence electrons. The summed E-state index contributed by atoms with van der Waals surface area (Å²) in [5.41, 5.74) is 9.91. The monoisotopic (exact) mass is 904 g/mol. The number of benzene rings is 11. The van der Waals surface area contributed by atoms with Crippen molar-refractivity contribution in [2.45, 2.75) is 0 Å². The van der Waals surface area contributed by atoms with Crippen LogP contribution in [-0.2, 0) is 0 Å². The van der Waals surface area contributed by atoms with Gasteiger partial charge in [-0.05, 0) is 131 Å². The molecule has 0 bridgehead atoms. The van der Waals surface area contributed by atoms with Gasteiger partial charge in [0, 0.05) is 75.2 Å². The Hall–Kier alpha value is -8.42. The SMILES string of the molecule is c1ccc(N(c2ccc3cc4c(cc3c2)oc2c4ccc3c4cc5ccc(N(c6ccccc6)c6cccc7c6sc6ccccc67)cc5cc4oc32)c2cccc3c2sc2ccccc23)cc1. The molecule has 15 rings (SSSR count). The maximum Gasteiger partial charge on any atom is 0.178 e. The van der Waals surface area contributed by atoms with Crippen molar-refractivity contribution in [2.24, 2.45) is 0 Å². The van der Waals surface area contributed by atoms with E-state index in [-0.39, 0.29) is 0 Å². The zero-order valence-electron chi connectivity index (χ0n) is 36.3. The second kappa shape index (κ2) is 14.5. The fourth-order valence-corrected chi connectivity index (χ4v) is 13.0. The number of hydrogen-bond donors (Lipinski definition) is 0. The molecule has 4 aromatic heterocycles. The van der Waals surface area contributed by atoms with E-state index in [1.807, 2.05) is 22.7 Å². The molecule has 11 aromatic carbocycles. The van der Waals surface area contributed by atoms with Gasteiger partial charge in [-0.15, -0.1) is 22.7 Å². The number of thiophene rings is 2. The highest BCUT2D eigenvalue weighted by Crippen LogP contribution is 2.48. The van der Waals surface area contributed by atoms with Crippen LogP contribution in [0, 0.1) is 0 Å². The van der Waals surface area contributed by atoms with Gasteiger partial charge in [-0.25, -0.2) is 0 Å². The van der Waals surface area contributed by atoms with E-state index >= 15 is 0 Å². The van der Waals surface area contributed by atoms with Crippen molar-refractivity contribution in [3.05, 3.63) is 218 Å². The molecular formula is C62H36N2O2S2. The third-order valence-electron chi connectivity index (χ3n) is 13.8. The van der Waals surface area contributed by atoms with Crippen LogP contribution < -0.4 is 9.80 Å². The van der Waals surface area contributed by atoms with Gasteiger partial charge in [0.1, 0.15) is 11.2 Å². The third-order valence-corrected chi connectivity index (χ3v) is 16.2. The van der Waals surface area contributed by atoms with Gasteiger partial charge in [-0.3, -0.25) is 0 Å². The first-order valence-corrected chi connectivity index (χ1v) is 24.5. The van der Waals surface area contributed by atoms with Crippen LogP contribution in [-0.4, -0.2) is 0 Å². The van der Waals surface area contributed by atoms with E-state index in [0.717, 1.165) is 99.5 Å². The van der Waals surface area contributed by atoms with E-state index in [1.165, 1.54) is 40.3 Å². The van der Waals surface area contributed by atoms with Crippen LogP contribution in [0.2, 0.25) is 0 Å². The van der Waals surface area contributed by atoms with Crippen molar-refractivity contribution in [3.63, 3.8) is 0 Å². The fourth-order valence-electron chi connectivity index (χ4n) is 10.6. The summed E-state index contributed by atoms with van der Waals surface area (Å²) in [6.07, 6.45) is 0. The fraction of sp³-hybridized carbons (Fsp3) is 0. The van der Waals surface area contributed by atoms with Crippen LogP contribution >= 0.6 is 22.7 Å². The number of anilines is 6. The van der Waals surface area contributed by atoms with Crippen molar-refractivity contribution in [1.82, 2.24) is 0 Å². The van der Waals surface area contributed by atoms with Crippen LogP contribution in [0.5, 0.6) is 0 Å². The Labute approximate surface area is 397 Å². The quantitative estimate of drug-likeness (QED) is 0.166. The number of hydrogen-bond acceptors (Lipinski definition) is 6. The minimum absolute atomic E-state index is 0.767. The summed E-state index contributed by atoms with van der Waals surface area (Å²) in [6.45, 7) is 0. The normalized spacial score (nSPS) is 12.1. The predicted octanol–water partition coefficient (Wildman–Crippen LogP) is 19.5. The molecule has 0 saturated carbocycles. The summed E-state index contributed by atoms with van der Waals surface area (Å²) < 4.78 is 18.8. The molecule has 0 radical (unpaired) electrons. The summed E-state index contributed by atoms with van der Waals surface area (Å²) >= 11 is 3.70. The largest absolute Gasteiger partial charge is 0.452 e. The first-order chi connectivity index (χ1) is 33.7. The molecule has 0 aliphatic carbocycles. The van der Waals surface area contributed by atoms with Gasteiger partial charge in [-0.1, -0.05) is 109 Å². The van der Waals surface area contributed by atoms with Crippen molar-refractivity contribution in [2.75, 3.05) is 9.80 Å². The number of fused-ring (bicyclic) bond motifs is 15. The number of furan rings is 2. The van der Waals surface area contributed by atoms with Crippen molar-refractivity contribution < 1.29 is 8.83 Å². The number of nitrogens with zero attached hydrogens (tertiary/aromatic N) is 2. The van der Waals surface area contributed by atoms with E-state index in [2.05, 4.69) is 228 Å². The Morgan fingerprint density at radius 3 is 1.18 bits per heavy atom.